The lowest BCUT2D eigenvalue weighted by molar-refractivity contribution is 0.106. The molecule has 3 nitrogen and oxygen atoms in total. The lowest BCUT2D eigenvalue weighted by Gasteiger charge is -2.27. The average molecular weight is 357 g/mol. The molecule has 0 saturated carbocycles. The highest BCUT2D eigenvalue weighted by Gasteiger charge is 2.15. The van der Waals surface area contributed by atoms with E-state index in [1.54, 1.807) is 0 Å². The molecule has 2 rings (SSSR count). The molecule has 0 aromatic heterocycles. The minimum absolute atomic E-state index is 0. The molecule has 3 N–H and O–H groups in total. The van der Waals surface area contributed by atoms with Crippen LogP contribution in [0.4, 0.5) is 0 Å². The van der Waals surface area contributed by atoms with Gasteiger partial charge >= 0.3 is 0 Å². The third-order valence-electron chi connectivity index (χ3n) is 3.41. The van der Waals surface area contributed by atoms with E-state index in [4.69, 9.17) is 5.73 Å². The molecule has 0 heterocycles. The number of aliphatic hydroxyl groups is 1. The van der Waals surface area contributed by atoms with Crippen LogP contribution in [0.1, 0.15) is 24.2 Å². The van der Waals surface area contributed by atoms with Crippen LogP contribution in [0.5, 0.6) is 0 Å². The van der Waals surface area contributed by atoms with E-state index in [-0.39, 0.29) is 30.9 Å². The quantitative estimate of drug-likeness (QED) is 0.798. The summed E-state index contributed by atoms with van der Waals surface area (Å²) in [6.45, 7) is 4.14. The van der Waals surface area contributed by atoms with Crippen molar-refractivity contribution in [2.75, 3.05) is 13.1 Å². The van der Waals surface area contributed by atoms with E-state index in [1.165, 1.54) is 5.56 Å². The molecule has 0 aliphatic rings. The van der Waals surface area contributed by atoms with Crippen LogP contribution in [0, 0.1) is 0 Å². The van der Waals surface area contributed by atoms with Crippen molar-refractivity contribution in [3.05, 3.63) is 71.8 Å². The maximum absolute atomic E-state index is 10.4. The summed E-state index contributed by atoms with van der Waals surface area (Å²) >= 11 is 0. The number of hydrogen-bond acceptors (Lipinski definition) is 3. The Morgan fingerprint density at radius 2 is 1.43 bits per heavy atom. The summed E-state index contributed by atoms with van der Waals surface area (Å²) < 4.78 is 0. The molecule has 2 unspecified atom stereocenters. The number of benzene rings is 2. The Morgan fingerprint density at radius 3 is 1.96 bits per heavy atom. The molecule has 0 fully saturated rings. The Hall–Kier alpha value is -1.10. The fourth-order valence-electron chi connectivity index (χ4n) is 2.48. The first-order chi connectivity index (χ1) is 10.1. The number of nitrogens with two attached hydrogens (primary N) is 1. The average Bonchev–Trinajstić information content (AvgIpc) is 2.48. The molecular formula is C18H26Cl2N2O. The largest absolute Gasteiger partial charge is 0.387 e. The van der Waals surface area contributed by atoms with Gasteiger partial charge in [0.15, 0.2) is 0 Å². The van der Waals surface area contributed by atoms with Crippen molar-refractivity contribution in [2.24, 2.45) is 5.73 Å². The molecule has 2 aromatic rings. The van der Waals surface area contributed by atoms with Gasteiger partial charge in [0.05, 0.1) is 6.10 Å². The molecule has 2 atom stereocenters. The van der Waals surface area contributed by atoms with Crippen LogP contribution in [0.15, 0.2) is 60.7 Å². The minimum Gasteiger partial charge on any atom is -0.387 e. The van der Waals surface area contributed by atoms with Gasteiger partial charge in [0.1, 0.15) is 0 Å². The fourth-order valence-corrected chi connectivity index (χ4v) is 2.48. The highest BCUT2D eigenvalue weighted by molar-refractivity contribution is 5.85. The summed E-state index contributed by atoms with van der Waals surface area (Å²) in [6.07, 6.45) is -0.492. The van der Waals surface area contributed by atoms with E-state index < -0.39 is 6.10 Å². The van der Waals surface area contributed by atoms with Gasteiger partial charge in [0.2, 0.25) is 0 Å². The number of halogens is 2. The van der Waals surface area contributed by atoms with Crippen LogP contribution in [-0.2, 0) is 6.54 Å². The molecule has 128 valence electrons. The summed E-state index contributed by atoms with van der Waals surface area (Å²) in [6, 6.07) is 20.1. The van der Waals surface area contributed by atoms with Crippen LogP contribution >= 0.6 is 24.8 Å². The van der Waals surface area contributed by atoms with Gasteiger partial charge in [0, 0.05) is 25.7 Å². The zero-order valence-electron chi connectivity index (χ0n) is 13.3. The highest BCUT2D eigenvalue weighted by atomic mass is 35.5. The smallest absolute Gasteiger partial charge is 0.0917 e. The summed E-state index contributed by atoms with van der Waals surface area (Å²) in [5.41, 5.74) is 8.12. The van der Waals surface area contributed by atoms with Gasteiger partial charge in [-0.15, -0.1) is 24.8 Å². The number of hydrogen-bond donors (Lipinski definition) is 2. The number of nitrogens with zero attached hydrogens (tertiary/aromatic N) is 1. The molecule has 5 heteroatoms. The molecule has 0 bridgehead atoms. The van der Waals surface area contributed by atoms with Gasteiger partial charge < -0.3 is 10.8 Å². The number of rotatable bonds is 7. The van der Waals surface area contributed by atoms with Gasteiger partial charge in [-0.1, -0.05) is 60.7 Å². The highest BCUT2D eigenvalue weighted by Crippen LogP contribution is 2.15. The Bertz CT molecular complexity index is 523. The molecule has 0 aliphatic carbocycles. The van der Waals surface area contributed by atoms with E-state index in [2.05, 4.69) is 17.0 Å². The summed E-state index contributed by atoms with van der Waals surface area (Å²) in [5.74, 6) is 0. The lowest BCUT2D eigenvalue weighted by Crippen LogP contribution is -2.37. The van der Waals surface area contributed by atoms with E-state index in [0.29, 0.717) is 6.54 Å². The first kappa shape index (κ1) is 21.9. The maximum Gasteiger partial charge on any atom is 0.0917 e. The molecule has 0 spiro atoms. The van der Waals surface area contributed by atoms with Crippen LogP contribution in [0.2, 0.25) is 0 Å². The standard InChI is InChI=1S/C18H24N2O.2ClH/c1-15(19)12-20(13-16-8-4-2-5-9-16)14-18(21)17-10-6-3-7-11-17;;/h2-11,15,18,21H,12-14,19H2,1H3;2*1H. The summed E-state index contributed by atoms with van der Waals surface area (Å²) in [4.78, 5) is 2.21. The molecule has 23 heavy (non-hydrogen) atoms. The summed E-state index contributed by atoms with van der Waals surface area (Å²) in [5, 5.41) is 10.4. The van der Waals surface area contributed by atoms with E-state index in [9.17, 15) is 5.11 Å². The Labute approximate surface area is 151 Å². The zero-order chi connectivity index (χ0) is 15.1. The van der Waals surface area contributed by atoms with Crippen molar-refractivity contribution in [2.45, 2.75) is 25.6 Å². The molecule has 0 radical (unpaired) electrons. The molecular weight excluding hydrogens is 331 g/mol. The van der Waals surface area contributed by atoms with Crippen molar-refractivity contribution in [1.82, 2.24) is 4.90 Å². The van der Waals surface area contributed by atoms with E-state index in [1.807, 2.05) is 55.5 Å². The Kier molecular flexibility index (Phi) is 10.9. The normalized spacial score (nSPS) is 12.9. The van der Waals surface area contributed by atoms with Crippen LogP contribution in [0.25, 0.3) is 0 Å². The van der Waals surface area contributed by atoms with Gasteiger partial charge in [0.25, 0.3) is 0 Å². The topological polar surface area (TPSA) is 49.5 Å². The Balaban J connectivity index is 0.00000242. The first-order valence-electron chi connectivity index (χ1n) is 7.40. The molecule has 0 saturated heterocycles. The van der Waals surface area contributed by atoms with Gasteiger partial charge in [-0.3, -0.25) is 4.90 Å². The van der Waals surface area contributed by atoms with Crippen molar-refractivity contribution in [1.29, 1.82) is 0 Å². The van der Waals surface area contributed by atoms with Crippen molar-refractivity contribution in [3.8, 4) is 0 Å². The molecule has 0 aliphatic heterocycles. The van der Waals surface area contributed by atoms with Gasteiger partial charge in [-0.2, -0.15) is 0 Å². The van der Waals surface area contributed by atoms with Gasteiger partial charge in [-0.25, -0.2) is 0 Å². The fraction of sp³-hybridized carbons (Fsp3) is 0.333. The third kappa shape index (κ3) is 7.82. The second-order valence-electron chi connectivity index (χ2n) is 5.58. The minimum atomic E-state index is -0.492. The van der Waals surface area contributed by atoms with Gasteiger partial charge in [-0.05, 0) is 18.1 Å². The van der Waals surface area contributed by atoms with E-state index >= 15 is 0 Å². The molecule has 2 aromatic carbocycles. The van der Waals surface area contributed by atoms with Crippen LogP contribution in [0.3, 0.4) is 0 Å². The lowest BCUT2D eigenvalue weighted by atomic mass is 10.1. The van der Waals surface area contributed by atoms with Crippen molar-refractivity contribution in [3.63, 3.8) is 0 Å². The second-order valence-corrected chi connectivity index (χ2v) is 5.58. The SMILES string of the molecule is CC(N)CN(Cc1ccccc1)CC(O)c1ccccc1.Cl.Cl. The van der Waals surface area contributed by atoms with Crippen LogP contribution in [-0.4, -0.2) is 29.1 Å². The second kappa shape index (κ2) is 11.4. The third-order valence-corrected chi connectivity index (χ3v) is 3.41. The van der Waals surface area contributed by atoms with E-state index in [0.717, 1.165) is 18.7 Å². The van der Waals surface area contributed by atoms with Crippen molar-refractivity contribution >= 4 is 24.8 Å². The monoisotopic (exact) mass is 356 g/mol. The first-order valence-corrected chi connectivity index (χ1v) is 7.40. The maximum atomic E-state index is 10.4. The number of aliphatic hydroxyl groups excluding tert-OH is 1. The van der Waals surface area contributed by atoms with Crippen LogP contribution < -0.4 is 5.73 Å². The predicted molar refractivity (Wildman–Crippen MR) is 101 cm³/mol. The summed E-state index contributed by atoms with van der Waals surface area (Å²) in [7, 11) is 0. The Morgan fingerprint density at radius 1 is 0.913 bits per heavy atom. The van der Waals surface area contributed by atoms with Crippen molar-refractivity contribution < 1.29 is 5.11 Å². The molecule has 0 amide bonds. The predicted octanol–water partition coefficient (Wildman–Crippen LogP) is 3.41. The zero-order valence-corrected chi connectivity index (χ0v) is 15.0.